The molecule has 35 heavy (non-hydrogen) atoms. The molecule has 0 amide bonds. The highest BCUT2D eigenvalue weighted by molar-refractivity contribution is 5.92. The standard InChI is InChI=1S/C32H26N2O/c1-35-29-18-10-15-24-19-20-25(33-31(24)29)21-27(22-11-4-2-5-12-22)30-26-16-8-9-17-28(26)34-32(30)23-13-6-3-7-14-23/h2-20,27,34H,21H2,1H3. The molecule has 3 nitrogen and oxygen atoms in total. The van der Waals surface area contributed by atoms with Gasteiger partial charge in [0, 0.05) is 34.3 Å². The molecule has 1 atom stereocenters. The minimum atomic E-state index is 0.127. The maximum atomic E-state index is 5.61. The van der Waals surface area contributed by atoms with Crippen LogP contribution >= 0.6 is 0 Å². The van der Waals surface area contributed by atoms with Crippen LogP contribution in [0.15, 0.2) is 115 Å². The van der Waals surface area contributed by atoms with Crippen LogP contribution in [-0.4, -0.2) is 17.1 Å². The maximum Gasteiger partial charge on any atom is 0.145 e. The van der Waals surface area contributed by atoms with Crippen LogP contribution in [0, 0.1) is 0 Å². The van der Waals surface area contributed by atoms with Crippen molar-refractivity contribution in [3.63, 3.8) is 0 Å². The molecule has 0 spiro atoms. The third-order valence-electron chi connectivity index (χ3n) is 6.73. The summed E-state index contributed by atoms with van der Waals surface area (Å²) in [7, 11) is 1.70. The van der Waals surface area contributed by atoms with E-state index in [1.807, 2.05) is 12.1 Å². The summed E-state index contributed by atoms with van der Waals surface area (Å²) >= 11 is 0. The molecule has 1 N–H and O–H groups in total. The predicted molar refractivity (Wildman–Crippen MR) is 144 cm³/mol. The topological polar surface area (TPSA) is 37.9 Å². The zero-order valence-corrected chi connectivity index (χ0v) is 19.6. The van der Waals surface area contributed by atoms with Crippen molar-refractivity contribution in [2.75, 3.05) is 7.11 Å². The third kappa shape index (κ3) is 3.95. The van der Waals surface area contributed by atoms with E-state index in [0.717, 1.165) is 34.3 Å². The second-order valence-electron chi connectivity index (χ2n) is 8.83. The molecule has 0 aliphatic carbocycles. The van der Waals surface area contributed by atoms with E-state index < -0.39 is 0 Å². The largest absolute Gasteiger partial charge is 0.494 e. The quantitative estimate of drug-likeness (QED) is 0.279. The summed E-state index contributed by atoms with van der Waals surface area (Å²) in [6.45, 7) is 0. The number of methoxy groups -OCH3 is 1. The van der Waals surface area contributed by atoms with Crippen LogP contribution < -0.4 is 4.74 Å². The van der Waals surface area contributed by atoms with Crippen molar-refractivity contribution in [1.82, 2.24) is 9.97 Å². The summed E-state index contributed by atoms with van der Waals surface area (Å²) in [6.07, 6.45) is 0.777. The molecule has 0 fully saturated rings. The van der Waals surface area contributed by atoms with Gasteiger partial charge in [0.05, 0.1) is 12.8 Å². The van der Waals surface area contributed by atoms with Crippen LogP contribution in [0.1, 0.15) is 22.7 Å². The molecule has 6 aromatic rings. The molecular formula is C32H26N2O. The van der Waals surface area contributed by atoms with Gasteiger partial charge in [-0.15, -0.1) is 0 Å². The number of ether oxygens (including phenoxy) is 1. The van der Waals surface area contributed by atoms with E-state index in [1.165, 1.54) is 27.8 Å². The molecular weight excluding hydrogens is 428 g/mol. The van der Waals surface area contributed by atoms with Gasteiger partial charge in [-0.1, -0.05) is 97.1 Å². The van der Waals surface area contributed by atoms with E-state index >= 15 is 0 Å². The normalized spacial score (nSPS) is 12.1. The van der Waals surface area contributed by atoms with Gasteiger partial charge in [0.2, 0.25) is 0 Å². The fraction of sp³-hybridized carbons (Fsp3) is 0.0938. The zero-order valence-electron chi connectivity index (χ0n) is 19.6. The van der Waals surface area contributed by atoms with Crippen LogP contribution in [-0.2, 0) is 6.42 Å². The lowest BCUT2D eigenvalue weighted by atomic mass is 9.84. The Morgan fingerprint density at radius 2 is 1.49 bits per heavy atom. The first-order chi connectivity index (χ1) is 17.3. The number of pyridine rings is 1. The van der Waals surface area contributed by atoms with Gasteiger partial charge in [-0.05, 0) is 34.9 Å². The Bertz CT molecular complexity index is 1600. The van der Waals surface area contributed by atoms with Gasteiger partial charge in [-0.25, -0.2) is 4.98 Å². The van der Waals surface area contributed by atoms with Crippen LogP contribution in [0.4, 0.5) is 0 Å². The number of hydrogen-bond acceptors (Lipinski definition) is 2. The minimum Gasteiger partial charge on any atom is -0.494 e. The molecule has 3 heteroatoms. The van der Waals surface area contributed by atoms with Crippen molar-refractivity contribution in [2.24, 2.45) is 0 Å². The van der Waals surface area contributed by atoms with Gasteiger partial charge in [-0.3, -0.25) is 0 Å². The highest BCUT2D eigenvalue weighted by Crippen LogP contribution is 2.40. The Hall–Kier alpha value is -4.37. The van der Waals surface area contributed by atoms with Crippen molar-refractivity contribution >= 4 is 21.8 Å². The number of aromatic nitrogens is 2. The molecule has 0 aliphatic rings. The lowest BCUT2D eigenvalue weighted by molar-refractivity contribution is 0.419. The lowest BCUT2D eigenvalue weighted by Crippen LogP contribution is -2.08. The second-order valence-corrected chi connectivity index (χ2v) is 8.83. The summed E-state index contributed by atoms with van der Waals surface area (Å²) in [6, 6.07) is 40.3. The van der Waals surface area contributed by atoms with Gasteiger partial charge in [-0.2, -0.15) is 0 Å². The van der Waals surface area contributed by atoms with E-state index in [4.69, 9.17) is 9.72 Å². The Labute approximate surface area is 205 Å². The maximum absolute atomic E-state index is 5.61. The number of aromatic amines is 1. The zero-order chi connectivity index (χ0) is 23.6. The molecule has 0 bridgehead atoms. The molecule has 4 aromatic carbocycles. The van der Waals surface area contributed by atoms with Crippen LogP contribution in [0.2, 0.25) is 0 Å². The van der Waals surface area contributed by atoms with Crippen molar-refractivity contribution in [2.45, 2.75) is 12.3 Å². The number of benzene rings is 4. The third-order valence-corrected chi connectivity index (χ3v) is 6.73. The molecule has 2 aromatic heterocycles. The molecule has 0 radical (unpaired) electrons. The summed E-state index contributed by atoms with van der Waals surface area (Å²) in [4.78, 5) is 8.79. The minimum absolute atomic E-state index is 0.127. The van der Waals surface area contributed by atoms with Crippen LogP contribution in [0.25, 0.3) is 33.1 Å². The van der Waals surface area contributed by atoms with Gasteiger partial charge < -0.3 is 9.72 Å². The van der Waals surface area contributed by atoms with Crippen molar-refractivity contribution in [3.05, 3.63) is 132 Å². The van der Waals surface area contributed by atoms with E-state index in [2.05, 4.69) is 108 Å². The number of fused-ring (bicyclic) bond motifs is 2. The fourth-order valence-electron chi connectivity index (χ4n) is 5.08. The number of nitrogens with one attached hydrogen (secondary N) is 1. The molecule has 0 saturated heterocycles. The summed E-state index contributed by atoms with van der Waals surface area (Å²) in [5, 5.41) is 2.33. The first-order valence-electron chi connectivity index (χ1n) is 12.0. The summed E-state index contributed by atoms with van der Waals surface area (Å²) < 4.78 is 5.61. The smallest absolute Gasteiger partial charge is 0.145 e. The van der Waals surface area contributed by atoms with Gasteiger partial charge >= 0.3 is 0 Å². The number of H-pyrrole nitrogens is 1. The number of nitrogens with zero attached hydrogens (tertiary/aromatic N) is 1. The molecule has 6 rings (SSSR count). The summed E-state index contributed by atoms with van der Waals surface area (Å²) in [5.74, 6) is 0.930. The SMILES string of the molecule is COc1cccc2ccc(CC(c3ccccc3)c3c(-c4ccccc4)[nH]c4ccccc34)nc12. The second kappa shape index (κ2) is 9.11. The van der Waals surface area contributed by atoms with E-state index in [9.17, 15) is 0 Å². The average molecular weight is 455 g/mol. The van der Waals surface area contributed by atoms with Crippen LogP contribution in [0.5, 0.6) is 5.75 Å². The van der Waals surface area contributed by atoms with E-state index in [1.54, 1.807) is 7.11 Å². The van der Waals surface area contributed by atoms with Crippen molar-refractivity contribution in [3.8, 4) is 17.0 Å². The van der Waals surface area contributed by atoms with Gasteiger partial charge in [0.15, 0.2) is 0 Å². The van der Waals surface area contributed by atoms with Gasteiger partial charge in [0.25, 0.3) is 0 Å². The predicted octanol–water partition coefficient (Wildman–Crippen LogP) is 7.77. The number of para-hydroxylation sites is 2. The molecule has 0 saturated carbocycles. The molecule has 170 valence electrons. The number of hydrogen-bond donors (Lipinski definition) is 1. The highest BCUT2D eigenvalue weighted by Gasteiger charge is 2.24. The van der Waals surface area contributed by atoms with Crippen molar-refractivity contribution in [1.29, 1.82) is 0 Å². The Morgan fingerprint density at radius 1 is 0.743 bits per heavy atom. The van der Waals surface area contributed by atoms with Crippen LogP contribution in [0.3, 0.4) is 0 Å². The van der Waals surface area contributed by atoms with E-state index in [0.29, 0.717) is 0 Å². The Balaban J connectivity index is 1.56. The van der Waals surface area contributed by atoms with Crippen molar-refractivity contribution < 1.29 is 4.74 Å². The first-order valence-corrected chi connectivity index (χ1v) is 12.0. The number of rotatable bonds is 6. The highest BCUT2D eigenvalue weighted by atomic mass is 16.5. The molecule has 0 aliphatic heterocycles. The Morgan fingerprint density at radius 3 is 2.29 bits per heavy atom. The Kier molecular flexibility index (Phi) is 5.51. The lowest BCUT2D eigenvalue weighted by Gasteiger charge is -2.20. The van der Waals surface area contributed by atoms with Gasteiger partial charge in [0.1, 0.15) is 11.3 Å². The fourth-order valence-corrected chi connectivity index (χ4v) is 5.08. The monoisotopic (exact) mass is 454 g/mol. The average Bonchev–Trinajstić information content (AvgIpc) is 3.31. The first kappa shape index (κ1) is 21.2. The summed E-state index contributed by atoms with van der Waals surface area (Å²) in [5.41, 5.74) is 8.03. The van der Waals surface area contributed by atoms with E-state index in [-0.39, 0.29) is 5.92 Å². The molecule has 2 heterocycles. The molecule has 1 unspecified atom stereocenters.